The Bertz CT molecular complexity index is 1280. The number of halogens is 2. The minimum atomic E-state index is -2.89. The summed E-state index contributed by atoms with van der Waals surface area (Å²) in [5.41, 5.74) is 7.56. The van der Waals surface area contributed by atoms with Crippen LogP contribution in [-0.2, 0) is 16.3 Å². The van der Waals surface area contributed by atoms with E-state index in [0.717, 1.165) is 41.8 Å². The van der Waals surface area contributed by atoms with Crippen LogP contribution in [0.2, 0.25) is 0 Å². The maximum Gasteiger partial charge on any atom is 0.198 e. The summed E-state index contributed by atoms with van der Waals surface area (Å²) in [6.07, 6.45) is 2.85. The van der Waals surface area contributed by atoms with Crippen molar-refractivity contribution in [3.8, 4) is 5.69 Å². The Morgan fingerprint density at radius 2 is 1.85 bits per heavy atom. The van der Waals surface area contributed by atoms with E-state index in [2.05, 4.69) is 10.00 Å². The number of aromatic nitrogens is 2. The van der Waals surface area contributed by atoms with Crippen LogP contribution in [0.25, 0.3) is 5.69 Å². The van der Waals surface area contributed by atoms with Crippen LogP contribution in [0.3, 0.4) is 0 Å². The van der Waals surface area contributed by atoms with Crippen LogP contribution in [0.4, 0.5) is 14.6 Å². The molecule has 2 aromatic carbocycles. The van der Waals surface area contributed by atoms with Gasteiger partial charge in [-0.25, -0.2) is 21.9 Å². The van der Waals surface area contributed by atoms with Crippen molar-refractivity contribution in [1.82, 2.24) is 14.7 Å². The lowest BCUT2D eigenvalue weighted by molar-refractivity contribution is 0.103. The molecule has 1 aliphatic heterocycles. The fourth-order valence-electron chi connectivity index (χ4n) is 3.88. The summed E-state index contributed by atoms with van der Waals surface area (Å²) in [5.74, 6) is -1.53. The van der Waals surface area contributed by atoms with Gasteiger partial charge in [-0.2, -0.15) is 5.10 Å². The van der Waals surface area contributed by atoms with Crippen molar-refractivity contribution in [3.63, 3.8) is 0 Å². The lowest BCUT2D eigenvalue weighted by Gasteiger charge is -2.26. The van der Waals surface area contributed by atoms with Crippen LogP contribution in [0.5, 0.6) is 0 Å². The van der Waals surface area contributed by atoms with Crippen LogP contribution in [0, 0.1) is 11.6 Å². The Labute approximate surface area is 190 Å². The number of hydrogen-bond acceptors (Lipinski definition) is 6. The Kier molecular flexibility index (Phi) is 6.57. The van der Waals surface area contributed by atoms with Gasteiger partial charge in [0.2, 0.25) is 0 Å². The highest BCUT2D eigenvalue weighted by atomic mass is 32.2. The molecule has 1 aromatic heterocycles. The molecule has 0 amide bonds. The molecule has 1 saturated heterocycles. The van der Waals surface area contributed by atoms with Crippen LogP contribution in [-0.4, -0.2) is 60.0 Å². The zero-order valence-electron chi connectivity index (χ0n) is 17.9. The quantitative estimate of drug-likeness (QED) is 0.529. The average molecular weight is 475 g/mol. The summed E-state index contributed by atoms with van der Waals surface area (Å²) in [4.78, 5) is 15.2. The van der Waals surface area contributed by atoms with E-state index in [0.29, 0.717) is 18.7 Å². The van der Waals surface area contributed by atoms with E-state index in [1.54, 1.807) is 18.2 Å². The molecule has 0 radical (unpaired) electrons. The molecule has 1 fully saturated rings. The third kappa shape index (κ3) is 5.28. The third-order valence-electron chi connectivity index (χ3n) is 5.75. The van der Waals surface area contributed by atoms with E-state index < -0.39 is 21.5 Å². The molecule has 3 aromatic rings. The van der Waals surface area contributed by atoms with Crippen LogP contribution >= 0.6 is 0 Å². The van der Waals surface area contributed by atoms with Gasteiger partial charge in [0.25, 0.3) is 0 Å². The normalized spacial score (nSPS) is 16.1. The van der Waals surface area contributed by atoms with E-state index in [1.807, 2.05) is 6.07 Å². The first-order chi connectivity index (χ1) is 15.7. The molecule has 7 nitrogen and oxygen atoms in total. The smallest absolute Gasteiger partial charge is 0.198 e. The van der Waals surface area contributed by atoms with Gasteiger partial charge in [-0.05, 0) is 43.1 Å². The number of nitrogens with two attached hydrogens (primary N) is 1. The summed E-state index contributed by atoms with van der Waals surface area (Å²) in [6.45, 7) is 1.90. The molecule has 10 heteroatoms. The number of hydrogen-bond donors (Lipinski definition) is 1. The number of aryl methyl sites for hydroxylation is 1. The number of anilines is 1. The molecule has 1 aliphatic rings. The van der Waals surface area contributed by atoms with Gasteiger partial charge in [-0.1, -0.05) is 18.2 Å². The first-order valence-electron chi connectivity index (χ1n) is 10.6. The standard InChI is InChI=1S/C23H24F2N4O3S/c24-18-6-7-21(20(25)14-18)29-23(26)19(15-27-29)22(30)17-5-1-3-16(13-17)4-2-8-28-9-11-33(31,32)12-10-28/h1,3,5-7,13-15H,2,4,8-12,26H2. The summed E-state index contributed by atoms with van der Waals surface area (Å²) >= 11 is 0. The second-order valence-corrected chi connectivity index (χ2v) is 10.4. The molecule has 174 valence electrons. The van der Waals surface area contributed by atoms with Crippen LogP contribution in [0.15, 0.2) is 48.7 Å². The second kappa shape index (κ2) is 9.40. The topological polar surface area (TPSA) is 98.3 Å². The van der Waals surface area contributed by atoms with Crippen molar-refractivity contribution >= 4 is 21.4 Å². The van der Waals surface area contributed by atoms with Crippen molar-refractivity contribution in [2.24, 2.45) is 0 Å². The fourth-order valence-corrected chi connectivity index (χ4v) is 5.16. The molecule has 0 atom stereocenters. The first-order valence-corrected chi connectivity index (χ1v) is 12.4. The van der Waals surface area contributed by atoms with Gasteiger partial charge in [-0.3, -0.25) is 4.79 Å². The Hall–Kier alpha value is -3.11. The molecule has 0 aliphatic carbocycles. The number of carbonyl (C=O) groups is 1. The Balaban J connectivity index is 1.43. The SMILES string of the molecule is Nc1c(C(=O)c2cccc(CCCN3CCS(=O)(=O)CC3)c2)cnn1-c1ccc(F)cc1F. The van der Waals surface area contributed by atoms with Gasteiger partial charge in [0.15, 0.2) is 21.4 Å². The van der Waals surface area contributed by atoms with Gasteiger partial charge in [0, 0.05) is 24.7 Å². The van der Waals surface area contributed by atoms with Crippen LogP contribution in [0.1, 0.15) is 27.9 Å². The molecular weight excluding hydrogens is 450 g/mol. The van der Waals surface area contributed by atoms with E-state index in [-0.39, 0.29) is 34.4 Å². The number of benzene rings is 2. The number of ketones is 1. The summed E-state index contributed by atoms with van der Waals surface area (Å²) in [5, 5.41) is 4.02. The maximum atomic E-state index is 14.1. The number of rotatable bonds is 7. The molecule has 33 heavy (non-hydrogen) atoms. The predicted molar refractivity (Wildman–Crippen MR) is 121 cm³/mol. The fraction of sp³-hybridized carbons (Fsp3) is 0.304. The third-order valence-corrected chi connectivity index (χ3v) is 7.36. The molecule has 4 rings (SSSR count). The summed E-state index contributed by atoms with van der Waals surface area (Å²) in [6, 6.07) is 10.2. The zero-order chi connectivity index (χ0) is 23.6. The minimum Gasteiger partial charge on any atom is -0.383 e. The molecule has 0 spiro atoms. The number of carbonyl (C=O) groups excluding carboxylic acids is 1. The van der Waals surface area contributed by atoms with E-state index in [1.165, 1.54) is 12.3 Å². The van der Waals surface area contributed by atoms with Crippen molar-refractivity contribution in [1.29, 1.82) is 0 Å². The highest BCUT2D eigenvalue weighted by Crippen LogP contribution is 2.23. The van der Waals surface area contributed by atoms with Gasteiger partial charge in [0.1, 0.15) is 17.3 Å². The van der Waals surface area contributed by atoms with Crippen LogP contribution < -0.4 is 5.73 Å². The average Bonchev–Trinajstić information content (AvgIpc) is 3.15. The molecular formula is C23H24F2N4O3S. The molecule has 2 heterocycles. The predicted octanol–water partition coefficient (Wildman–Crippen LogP) is 2.63. The zero-order valence-corrected chi connectivity index (χ0v) is 18.7. The van der Waals surface area contributed by atoms with Gasteiger partial charge in [0.05, 0.1) is 23.3 Å². The first kappa shape index (κ1) is 23.1. The van der Waals surface area contributed by atoms with Crippen molar-refractivity contribution in [2.45, 2.75) is 12.8 Å². The van der Waals surface area contributed by atoms with E-state index in [9.17, 15) is 22.0 Å². The maximum absolute atomic E-state index is 14.1. The number of nitrogen functional groups attached to an aromatic ring is 1. The molecule has 0 saturated carbocycles. The monoisotopic (exact) mass is 474 g/mol. The highest BCUT2D eigenvalue weighted by Gasteiger charge is 2.22. The molecule has 0 bridgehead atoms. The van der Waals surface area contributed by atoms with E-state index in [4.69, 9.17) is 5.73 Å². The van der Waals surface area contributed by atoms with E-state index >= 15 is 0 Å². The molecule has 0 unspecified atom stereocenters. The largest absolute Gasteiger partial charge is 0.383 e. The van der Waals surface area contributed by atoms with Crippen molar-refractivity contribution < 1.29 is 22.0 Å². The highest BCUT2D eigenvalue weighted by molar-refractivity contribution is 7.91. The van der Waals surface area contributed by atoms with Gasteiger partial charge in [-0.15, -0.1) is 0 Å². The van der Waals surface area contributed by atoms with Crippen molar-refractivity contribution in [2.75, 3.05) is 36.9 Å². The summed E-state index contributed by atoms with van der Waals surface area (Å²) < 4.78 is 51.5. The Morgan fingerprint density at radius 1 is 1.09 bits per heavy atom. The number of sulfone groups is 1. The lowest BCUT2D eigenvalue weighted by atomic mass is 10.0. The molecule has 2 N–H and O–H groups in total. The van der Waals surface area contributed by atoms with Gasteiger partial charge >= 0.3 is 0 Å². The minimum absolute atomic E-state index is 0.0315. The van der Waals surface area contributed by atoms with Crippen molar-refractivity contribution in [3.05, 3.63) is 77.0 Å². The Morgan fingerprint density at radius 3 is 2.58 bits per heavy atom. The van der Waals surface area contributed by atoms with Gasteiger partial charge < -0.3 is 10.6 Å². The summed E-state index contributed by atoms with van der Waals surface area (Å²) in [7, 11) is -2.89. The lowest BCUT2D eigenvalue weighted by Crippen LogP contribution is -2.40. The number of nitrogens with zero attached hydrogens (tertiary/aromatic N) is 3. The second-order valence-electron chi connectivity index (χ2n) is 8.08.